The number of nitrogens with zero attached hydrogens (tertiary/aromatic N) is 2. The summed E-state index contributed by atoms with van der Waals surface area (Å²) in [7, 11) is 0. The third kappa shape index (κ3) is 3.18. The van der Waals surface area contributed by atoms with Crippen molar-refractivity contribution < 1.29 is 4.79 Å². The topological polar surface area (TPSA) is 64.0 Å². The van der Waals surface area contributed by atoms with Crippen molar-refractivity contribution in [2.45, 2.75) is 6.54 Å². The number of carbonyl (C=O) groups excluding carboxylic acids is 1. The minimum absolute atomic E-state index is 0.133. The lowest BCUT2D eigenvalue weighted by molar-refractivity contribution is -0.117. The Bertz CT molecular complexity index is 624. The molecule has 0 saturated heterocycles. The second-order valence-electron chi connectivity index (χ2n) is 3.58. The highest BCUT2D eigenvalue weighted by Gasteiger charge is 2.05. The first-order valence-electron chi connectivity index (χ1n) is 5.23. The van der Waals surface area contributed by atoms with E-state index in [1.807, 2.05) is 0 Å². The zero-order valence-corrected chi connectivity index (χ0v) is 10.1. The number of benzene rings is 1. The van der Waals surface area contributed by atoms with Crippen molar-refractivity contribution in [3.05, 3.63) is 58.0 Å². The Morgan fingerprint density at radius 2 is 2.17 bits per heavy atom. The van der Waals surface area contributed by atoms with Gasteiger partial charge in [-0.3, -0.25) is 9.59 Å². The highest BCUT2D eigenvalue weighted by Crippen LogP contribution is 2.14. The summed E-state index contributed by atoms with van der Waals surface area (Å²) in [6.45, 7) is -0.133. The summed E-state index contributed by atoms with van der Waals surface area (Å²) in [6, 6.07) is 9.64. The summed E-state index contributed by atoms with van der Waals surface area (Å²) < 4.78 is 1.08. The molecule has 1 N–H and O–H groups in total. The van der Waals surface area contributed by atoms with Gasteiger partial charge in [-0.1, -0.05) is 17.7 Å². The molecule has 0 aliphatic carbocycles. The van der Waals surface area contributed by atoms with Crippen LogP contribution in [0.1, 0.15) is 0 Å². The van der Waals surface area contributed by atoms with Crippen molar-refractivity contribution in [1.29, 1.82) is 0 Å². The lowest BCUT2D eigenvalue weighted by Gasteiger charge is -2.06. The van der Waals surface area contributed by atoms with Gasteiger partial charge in [-0.15, -0.1) is 0 Å². The van der Waals surface area contributed by atoms with Crippen molar-refractivity contribution in [1.82, 2.24) is 9.78 Å². The lowest BCUT2D eigenvalue weighted by atomic mass is 10.3. The number of amides is 1. The minimum Gasteiger partial charge on any atom is -0.324 e. The minimum atomic E-state index is -0.335. The molecule has 18 heavy (non-hydrogen) atoms. The zero-order valence-electron chi connectivity index (χ0n) is 9.34. The van der Waals surface area contributed by atoms with Gasteiger partial charge in [0, 0.05) is 23.0 Å². The molecular weight excluding hydrogens is 254 g/mol. The van der Waals surface area contributed by atoms with Crippen molar-refractivity contribution in [2.24, 2.45) is 0 Å². The molecule has 0 radical (unpaired) electrons. The largest absolute Gasteiger partial charge is 0.324 e. The summed E-state index contributed by atoms with van der Waals surface area (Å²) in [4.78, 5) is 23.1. The van der Waals surface area contributed by atoms with Crippen LogP contribution in [0.2, 0.25) is 5.02 Å². The first-order chi connectivity index (χ1) is 8.65. The first kappa shape index (κ1) is 12.3. The second-order valence-corrected chi connectivity index (χ2v) is 4.01. The van der Waals surface area contributed by atoms with E-state index in [0.717, 1.165) is 4.68 Å². The van der Waals surface area contributed by atoms with Crippen LogP contribution in [0.15, 0.2) is 47.4 Å². The van der Waals surface area contributed by atoms with Gasteiger partial charge in [-0.25, -0.2) is 4.68 Å². The Morgan fingerprint density at radius 1 is 1.33 bits per heavy atom. The fourth-order valence-electron chi connectivity index (χ4n) is 1.41. The summed E-state index contributed by atoms with van der Waals surface area (Å²) in [5.41, 5.74) is 0.259. The molecule has 2 rings (SSSR count). The molecule has 0 spiro atoms. The molecule has 92 valence electrons. The molecule has 6 heteroatoms. The van der Waals surface area contributed by atoms with E-state index in [9.17, 15) is 9.59 Å². The van der Waals surface area contributed by atoms with Gasteiger partial charge in [0.2, 0.25) is 5.91 Å². The van der Waals surface area contributed by atoms with E-state index < -0.39 is 0 Å². The van der Waals surface area contributed by atoms with E-state index in [1.165, 1.54) is 18.3 Å². The lowest BCUT2D eigenvalue weighted by Crippen LogP contribution is -2.28. The quantitative estimate of drug-likeness (QED) is 0.913. The molecule has 1 heterocycles. The maximum atomic E-state index is 11.7. The summed E-state index contributed by atoms with van der Waals surface area (Å²) in [5, 5.41) is 6.96. The summed E-state index contributed by atoms with van der Waals surface area (Å²) in [6.07, 6.45) is 1.45. The number of carbonyl (C=O) groups is 1. The van der Waals surface area contributed by atoms with Gasteiger partial charge in [0.25, 0.3) is 5.56 Å². The Kier molecular flexibility index (Phi) is 3.74. The normalized spacial score (nSPS) is 10.1. The number of hydrogen-bond donors (Lipinski definition) is 1. The number of rotatable bonds is 3. The van der Waals surface area contributed by atoms with E-state index in [4.69, 9.17) is 11.6 Å². The van der Waals surface area contributed by atoms with Crippen LogP contribution in [0.25, 0.3) is 0 Å². The number of halogens is 1. The average molecular weight is 264 g/mol. The fourth-order valence-corrected chi connectivity index (χ4v) is 1.60. The molecule has 0 saturated carbocycles. The Morgan fingerprint density at radius 3 is 2.89 bits per heavy atom. The first-order valence-corrected chi connectivity index (χ1v) is 5.60. The Balaban J connectivity index is 2.06. The van der Waals surface area contributed by atoms with Crippen LogP contribution in [0, 0.1) is 0 Å². The standard InChI is InChI=1S/C12H10ClN3O2/c13-9-3-1-4-10(7-9)15-11(17)8-16-12(18)5-2-6-14-16/h1-7H,8H2,(H,15,17). The van der Waals surface area contributed by atoms with Crippen LogP contribution >= 0.6 is 11.6 Å². The van der Waals surface area contributed by atoms with E-state index in [0.29, 0.717) is 10.7 Å². The second kappa shape index (κ2) is 5.46. The van der Waals surface area contributed by atoms with Gasteiger partial charge >= 0.3 is 0 Å². The number of nitrogens with one attached hydrogen (secondary N) is 1. The van der Waals surface area contributed by atoms with Gasteiger partial charge in [0.05, 0.1) is 0 Å². The van der Waals surface area contributed by atoms with Crippen LogP contribution in [-0.2, 0) is 11.3 Å². The third-order valence-electron chi connectivity index (χ3n) is 2.19. The zero-order chi connectivity index (χ0) is 13.0. The molecular formula is C12H10ClN3O2. The average Bonchev–Trinajstić information content (AvgIpc) is 2.32. The van der Waals surface area contributed by atoms with E-state index in [1.54, 1.807) is 24.3 Å². The number of anilines is 1. The Labute approximate surface area is 108 Å². The summed E-state index contributed by atoms with van der Waals surface area (Å²) >= 11 is 5.79. The summed E-state index contributed by atoms with van der Waals surface area (Å²) in [5.74, 6) is -0.335. The maximum absolute atomic E-state index is 11.7. The molecule has 0 aliphatic heterocycles. The van der Waals surface area contributed by atoms with Crippen LogP contribution in [-0.4, -0.2) is 15.7 Å². The smallest absolute Gasteiger partial charge is 0.267 e. The molecule has 1 aromatic carbocycles. The monoisotopic (exact) mass is 263 g/mol. The molecule has 0 atom stereocenters. The van der Waals surface area contributed by atoms with Gasteiger partial charge in [0.15, 0.2) is 0 Å². The van der Waals surface area contributed by atoms with Gasteiger partial charge < -0.3 is 5.32 Å². The molecule has 0 bridgehead atoms. The van der Waals surface area contributed by atoms with Crippen molar-refractivity contribution >= 4 is 23.2 Å². The SMILES string of the molecule is O=C(Cn1ncccc1=O)Nc1cccc(Cl)c1. The molecule has 1 amide bonds. The highest BCUT2D eigenvalue weighted by molar-refractivity contribution is 6.30. The molecule has 0 fully saturated rings. The molecule has 0 aliphatic rings. The van der Waals surface area contributed by atoms with Crippen LogP contribution in [0.3, 0.4) is 0 Å². The predicted octanol–water partition coefficient (Wildman–Crippen LogP) is 1.54. The Hall–Kier alpha value is -2.14. The van der Waals surface area contributed by atoms with Crippen LogP contribution in [0.5, 0.6) is 0 Å². The van der Waals surface area contributed by atoms with Gasteiger partial charge in [-0.05, 0) is 24.3 Å². The number of hydrogen-bond acceptors (Lipinski definition) is 3. The number of aromatic nitrogens is 2. The van der Waals surface area contributed by atoms with Crippen molar-refractivity contribution in [3.63, 3.8) is 0 Å². The van der Waals surface area contributed by atoms with E-state index >= 15 is 0 Å². The van der Waals surface area contributed by atoms with E-state index in [2.05, 4.69) is 10.4 Å². The van der Waals surface area contributed by atoms with Crippen LogP contribution in [0.4, 0.5) is 5.69 Å². The van der Waals surface area contributed by atoms with E-state index in [-0.39, 0.29) is 18.0 Å². The van der Waals surface area contributed by atoms with Crippen molar-refractivity contribution in [3.8, 4) is 0 Å². The third-order valence-corrected chi connectivity index (χ3v) is 2.42. The van der Waals surface area contributed by atoms with Crippen LogP contribution < -0.4 is 10.9 Å². The molecule has 0 unspecified atom stereocenters. The van der Waals surface area contributed by atoms with Crippen molar-refractivity contribution in [2.75, 3.05) is 5.32 Å². The molecule has 2 aromatic rings. The predicted molar refractivity (Wildman–Crippen MR) is 68.6 cm³/mol. The van der Waals surface area contributed by atoms with Gasteiger partial charge in [0.1, 0.15) is 6.54 Å². The maximum Gasteiger partial charge on any atom is 0.267 e. The molecule has 5 nitrogen and oxygen atoms in total. The van der Waals surface area contributed by atoms with Gasteiger partial charge in [-0.2, -0.15) is 5.10 Å². The highest BCUT2D eigenvalue weighted by atomic mass is 35.5. The molecule has 1 aromatic heterocycles. The fraction of sp³-hybridized carbons (Fsp3) is 0.0833.